The van der Waals surface area contributed by atoms with Crippen LogP contribution in [0, 0.1) is 0 Å². The standard InChI is InChI=1S/2C8H8O/c1-2-7-4-3-5-8(9)6-7;9-7-6-8-4-2-1-3-5-8/h2-6,9H,1H2;1-7,9H. The highest BCUT2D eigenvalue weighted by Crippen LogP contribution is 2.10. The molecule has 2 nitrogen and oxygen atoms in total. The summed E-state index contributed by atoms with van der Waals surface area (Å²) in [4.78, 5) is 0. The lowest BCUT2D eigenvalue weighted by Crippen LogP contribution is -1.67. The summed E-state index contributed by atoms with van der Waals surface area (Å²) in [6.45, 7) is 3.56. The highest BCUT2D eigenvalue weighted by molar-refractivity contribution is 5.49. The van der Waals surface area contributed by atoms with E-state index in [4.69, 9.17) is 10.2 Å². The van der Waals surface area contributed by atoms with Crippen molar-refractivity contribution in [3.63, 3.8) is 0 Å². The second-order valence-corrected chi connectivity index (χ2v) is 3.53. The average molecular weight is 240 g/mol. The van der Waals surface area contributed by atoms with Gasteiger partial charge in [-0.2, -0.15) is 0 Å². The number of aliphatic hydroxyl groups excluding tert-OH is 1. The molecule has 18 heavy (non-hydrogen) atoms. The van der Waals surface area contributed by atoms with E-state index >= 15 is 0 Å². The number of phenolic OH excluding ortho intramolecular Hbond substituents is 1. The quantitative estimate of drug-likeness (QED) is 0.770. The Bertz CT molecular complexity index is 502. The zero-order chi connectivity index (χ0) is 13.2. The van der Waals surface area contributed by atoms with Crippen molar-refractivity contribution in [2.24, 2.45) is 0 Å². The van der Waals surface area contributed by atoms with Crippen molar-refractivity contribution in [1.29, 1.82) is 0 Å². The third kappa shape index (κ3) is 5.03. The van der Waals surface area contributed by atoms with Gasteiger partial charge in [0.25, 0.3) is 0 Å². The molecule has 0 aliphatic carbocycles. The van der Waals surface area contributed by atoms with Crippen molar-refractivity contribution in [1.82, 2.24) is 0 Å². The lowest BCUT2D eigenvalue weighted by molar-refractivity contribution is 0.475. The molecule has 0 saturated heterocycles. The largest absolute Gasteiger partial charge is 0.516 e. The Morgan fingerprint density at radius 1 is 0.889 bits per heavy atom. The van der Waals surface area contributed by atoms with Crippen LogP contribution in [-0.4, -0.2) is 10.2 Å². The molecule has 92 valence electrons. The van der Waals surface area contributed by atoms with Crippen molar-refractivity contribution in [3.8, 4) is 5.75 Å². The average Bonchev–Trinajstić information content (AvgIpc) is 2.41. The molecule has 0 bridgehead atoms. The molecule has 2 aromatic rings. The zero-order valence-electron chi connectivity index (χ0n) is 10.0. The van der Waals surface area contributed by atoms with Gasteiger partial charge in [0, 0.05) is 0 Å². The number of aliphatic hydroxyl groups is 1. The fourth-order valence-corrected chi connectivity index (χ4v) is 1.30. The Labute approximate surface area is 107 Å². The molecule has 0 unspecified atom stereocenters. The molecule has 0 heterocycles. The van der Waals surface area contributed by atoms with Gasteiger partial charge in [-0.15, -0.1) is 0 Å². The van der Waals surface area contributed by atoms with E-state index in [2.05, 4.69) is 6.58 Å². The minimum absolute atomic E-state index is 0.285. The summed E-state index contributed by atoms with van der Waals surface area (Å²) >= 11 is 0. The first-order valence-electron chi connectivity index (χ1n) is 5.53. The first-order chi connectivity index (χ1) is 8.76. The van der Waals surface area contributed by atoms with Gasteiger partial charge in [-0.25, -0.2) is 0 Å². The van der Waals surface area contributed by atoms with Crippen LogP contribution in [0.1, 0.15) is 11.1 Å². The van der Waals surface area contributed by atoms with Gasteiger partial charge >= 0.3 is 0 Å². The van der Waals surface area contributed by atoms with Gasteiger partial charge in [0.2, 0.25) is 0 Å². The minimum Gasteiger partial charge on any atom is -0.516 e. The van der Waals surface area contributed by atoms with Gasteiger partial charge < -0.3 is 10.2 Å². The number of benzene rings is 2. The topological polar surface area (TPSA) is 40.5 Å². The molecule has 0 amide bonds. The normalized spacial score (nSPS) is 9.56. The maximum absolute atomic E-state index is 8.90. The second-order valence-electron chi connectivity index (χ2n) is 3.53. The zero-order valence-corrected chi connectivity index (χ0v) is 10.0. The van der Waals surface area contributed by atoms with Crippen LogP contribution in [0.25, 0.3) is 12.2 Å². The smallest absolute Gasteiger partial charge is 0.116 e. The molecule has 2 N–H and O–H groups in total. The molecule has 0 saturated carbocycles. The fourth-order valence-electron chi connectivity index (χ4n) is 1.30. The number of hydrogen-bond donors (Lipinski definition) is 2. The lowest BCUT2D eigenvalue weighted by atomic mass is 10.2. The summed E-state index contributed by atoms with van der Waals surface area (Å²) in [6.07, 6.45) is 4.37. The van der Waals surface area contributed by atoms with E-state index in [-0.39, 0.29) is 5.75 Å². The predicted octanol–water partition coefficient (Wildman–Crippen LogP) is 4.25. The van der Waals surface area contributed by atoms with Crippen LogP contribution in [0.2, 0.25) is 0 Å². The molecule has 0 radical (unpaired) electrons. The van der Waals surface area contributed by atoms with Crippen LogP contribution < -0.4 is 0 Å². The summed E-state index contributed by atoms with van der Waals surface area (Å²) in [7, 11) is 0. The minimum atomic E-state index is 0.285. The Balaban J connectivity index is 0.000000180. The van der Waals surface area contributed by atoms with E-state index in [1.165, 1.54) is 0 Å². The van der Waals surface area contributed by atoms with Crippen molar-refractivity contribution >= 4 is 12.2 Å². The van der Waals surface area contributed by atoms with Crippen LogP contribution in [0.5, 0.6) is 5.75 Å². The van der Waals surface area contributed by atoms with Gasteiger partial charge in [-0.3, -0.25) is 0 Å². The molecule has 0 fully saturated rings. The summed E-state index contributed by atoms with van der Waals surface area (Å²) in [5.41, 5.74) is 1.95. The highest BCUT2D eigenvalue weighted by Gasteiger charge is 1.85. The number of aromatic hydroxyl groups is 1. The fraction of sp³-hybridized carbons (Fsp3) is 0. The summed E-state index contributed by atoms with van der Waals surface area (Å²) in [5.74, 6) is 0.285. The molecular weight excluding hydrogens is 224 g/mol. The van der Waals surface area contributed by atoms with Crippen LogP contribution in [0.15, 0.2) is 67.4 Å². The van der Waals surface area contributed by atoms with Crippen LogP contribution >= 0.6 is 0 Å². The molecule has 0 aromatic heterocycles. The monoisotopic (exact) mass is 240 g/mol. The first-order valence-corrected chi connectivity index (χ1v) is 5.53. The van der Waals surface area contributed by atoms with Crippen molar-refractivity contribution < 1.29 is 10.2 Å². The lowest BCUT2D eigenvalue weighted by Gasteiger charge is -1.91. The highest BCUT2D eigenvalue weighted by atomic mass is 16.3. The Morgan fingerprint density at radius 3 is 2.06 bits per heavy atom. The van der Waals surface area contributed by atoms with E-state index in [0.717, 1.165) is 17.4 Å². The van der Waals surface area contributed by atoms with E-state index in [1.54, 1.807) is 30.4 Å². The van der Waals surface area contributed by atoms with Crippen molar-refractivity contribution in [3.05, 3.63) is 78.6 Å². The summed E-state index contributed by atoms with van der Waals surface area (Å²) < 4.78 is 0. The summed E-state index contributed by atoms with van der Waals surface area (Å²) in [5, 5.41) is 17.2. The molecule has 2 aromatic carbocycles. The van der Waals surface area contributed by atoms with Gasteiger partial charge in [0.15, 0.2) is 0 Å². The van der Waals surface area contributed by atoms with Gasteiger partial charge in [0.05, 0.1) is 6.26 Å². The number of rotatable bonds is 2. The van der Waals surface area contributed by atoms with E-state index < -0.39 is 0 Å². The van der Waals surface area contributed by atoms with Crippen molar-refractivity contribution in [2.45, 2.75) is 0 Å². The van der Waals surface area contributed by atoms with Crippen LogP contribution in [-0.2, 0) is 0 Å². The molecule has 0 aliphatic rings. The Hall–Kier alpha value is -2.48. The van der Waals surface area contributed by atoms with Crippen LogP contribution in [0.4, 0.5) is 0 Å². The SMILES string of the molecule is C=Cc1cccc(O)c1.OC=Cc1ccccc1. The maximum Gasteiger partial charge on any atom is 0.116 e. The molecular formula is C16H16O2. The van der Waals surface area contributed by atoms with E-state index in [9.17, 15) is 0 Å². The molecule has 2 rings (SSSR count). The maximum atomic E-state index is 8.90. The van der Waals surface area contributed by atoms with Gasteiger partial charge in [0.1, 0.15) is 5.75 Å². The third-order valence-electron chi connectivity index (χ3n) is 2.17. The van der Waals surface area contributed by atoms with E-state index in [1.807, 2.05) is 36.4 Å². The van der Waals surface area contributed by atoms with Gasteiger partial charge in [-0.1, -0.05) is 55.1 Å². The third-order valence-corrected chi connectivity index (χ3v) is 2.17. The molecule has 0 atom stereocenters. The Kier molecular flexibility index (Phi) is 5.84. The Morgan fingerprint density at radius 2 is 1.56 bits per heavy atom. The number of hydrogen-bond acceptors (Lipinski definition) is 2. The second kappa shape index (κ2) is 7.74. The summed E-state index contributed by atoms with van der Waals surface area (Å²) in [6, 6.07) is 16.6. The molecule has 0 spiro atoms. The first kappa shape index (κ1) is 13.6. The van der Waals surface area contributed by atoms with Crippen LogP contribution in [0.3, 0.4) is 0 Å². The van der Waals surface area contributed by atoms with E-state index in [0.29, 0.717) is 0 Å². The molecule has 2 heteroatoms. The number of phenols is 1. The molecule has 0 aliphatic heterocycles. The predicted molar refractivity (Wildman–Crippen MR) is 76.3 cm³/mol. The van der Waals surface area contributed by atoms with Gasteiger partial charge in [-0.05, 0) is 29.3 Å². The van der Waals surface area contributed by atoms with Crippen molar-refractivity contribution in [2.75, 3.05) is 0 Å².